The van der Waals surface area contributed by atoms with Gasteiger partial charge in [0, 0.05) is 6.20 Å². The number of alkyl halides is 3. The van der Waals surface area contributed by atoms with E-state index < -0.39 is 11.9 Å². The smallest absolute Gasteiger partial charge is 0.356 e. The molecule has 0 radical (unpaired) electrons. The third-order valence-corrected chi connectivity index (χ3v) is 3.63. The van der Waals surface area contributed by atoms with E-state index >= 15 is 0 Å². The first-order chi connectivity index (χ1) is 5.84. The Morgan fingerprint density at radius 3 is 2.31 bits per heavy atom. The van der Waals surface area contributed by atoms with Gasteiger partial charge in [0.05, 0.1) is 13.5 Å². The molecule has 1 aromatic heterocycles. The second-order valence-corrected chi connectivity index (χ2v) is 4.21. The van der Waals surface area contributed by atoms with Crippen LogP contribution >= 0.6 is 44.1 Å². The molecule has 0 saturated carbocycles. The normalized spacial score (nSPS) is 11.8. The Morgan fingerprint density at radius 2 is 1.85 bits per heavy atom. The first kappa shape index (κ1) is 11.2. The minimum Gasteiger partial charge on any atom is -0.356 e. The Morgan fingerprint density at radius 1 is 1.31 bits per heavy atom. The lowest BCUT2D eigenvalue weighted by molar-refractivity contribution is -0.141. The van der Waals surface area contributed by atoms with E-state index in [0.29, 0.717) is 4.47 Å². The Balaban J connectivity index is 3.44. The maximum atomic E-state index is 12.2. The molecule has 1 aromatic rings. The molecule has 0 aliphatic rings. The number of hydrogen-bond donors (Lipinski definition) is 1. The van der Waals surface area contributed by atoms with Gasteiger partial charge >= 0.3 is 6.18 Å². The van der Waals surface area contributed by atoms with Crippen LogP contribution in [-0.2, 0) is 6.18 Å². The molecule has 13 heavy (non-hydrogen) atoms. The van der Waals surface area contributed by atoms with Crippen molar-refractivity contribution >= 4 is 44.1 Å². The minimum absolute atomic E-state index is 0.103. The summed E-state index contributed by atoms with van der Waals surface area (Å²) >= 11 is 10.5. The SMILES string of the molecule is FC(F)(F)c1[nH]cc(Br)c(=S)c1Br. The van der Waals surface area contributed by atoms with Crippen LogP contribution in [0.1, 0.15) is 5.69 Å². The number of hydrogen-bond acceptors (Lipinski definition) is 1. The summed E-state index contributed by atoms with van der Waals surface area (Å²) in [7, 11) is 0. The van der Waals surface area contributed by atoms with E-state index in [-0.39, 0.29) is 8.98 Å². The lowest BCUT2D eigenvalue weighted by Gasteiger charge is -2.08. The van der Waals surface area contributed by atoms with Gasteiger partial charge in [-0.2, -0.15) is 13.2 Å². The zero-order valence-electron chi connectivity index (χ0n) is 5.88. The largest absolute Gasteiger partial charge is 0.432 e. The number of H-pyrrole nitrogens is 1. The van der Waals surface area contributed by atoms with Crippen molar-refractivity contribution < 1.29 is 13.2 Å². The van der Waals surface area contributed by atoms with Gasteiger partial charge in [0.1, 0.15) is 5.69 Å². The van der Waals surface area contributed by atoms with Crippen LogP contribution in [0.25, 0.3) is 0 Å². The van der Waals surface area contributed by atoms with E-state index in [1.54, 1.807) is 0 Å². The Bertz CT molecular complexity index is 384. The monoisotopic (exact) mass is 335 g/mol. The van der Waals surface area contributed by atoms with Crippen LogP contribution in [0.2, 0.25) is 0 Å². The summed E-state index contributed by atoms with van der Waals surface area (Å²) in [6.07, 6.45) is -3.26. The van der Waals surface area contributed by atoms with E-state index in [0.717, 1.165) is 6.20 Å². The van der Waals surface area contributed by atoms with Crippen molar-refractivity contribution in [1.29, 1.82) is 0 Å². The Labute approximate surface area is 93.6 Å². The molecule has 0 aromatic carbocycles. The van der Waals surface area contributed by atoms with Crippen LogP contribution in [0.15, 0.2) is 15.1 Å². The molecule has 0 amide bonds. The predicted molar refractivity (Wildman–Crippen MR) is 52.0 cm³/mol. The van der Waals surface area contributed by atoms with Crippen molar-refractivity contribution in [1.82, 2.24) is 4.98 Å². The summed E-state index contributed by atoms with van der Waals surface area (Å²) in [5.41, 5.74) is -0.874. The van der Waals surface area contributed by atoms with Crippen molar-refractivity contribution in [3.63, 3.8) is 0 Å². The van der Waals surface area contributed by atoms with E-state index in [4.69, 9.17) is 12.2 Å². The summed E-state index contributed by atoms with van der Waals surface area (Å²) in [6, 6.07) is 0. The Kier molecular flexibility index (Phi) is 3.19. The summed E-state index contributed by atoms with van der Waals surface area (Å²) < 4.78 is 37.1. The highest BCUT2D eigenvalue weighted by Gasteiger charge is 2.34. The topological polar surface area (TPSA) is 15.8 Å². The molecule has 1 rings (SSSR count). The van der Waals surface area contributed by atoms with Crippen LogP contribution < -0.4 is 0 Å². The van der Waals surface area contributed by atoms with Gasteiger partial charge in [-0.15, -0.1) is 0 Å². The lowest BCUT2D eigenvalue weighted by Crippen LogP contribution is -2.09. The molecular weight excluding hydrogens is 335 g/mol. The third kappa shape index (κ3) is 2.32. The molecule has 1 N–H and O–H groups in total. The lowest BCUT2D eigenvalue weighted by atomic mass is 10.3. The molecule has 1 nitrogen and oxygen atoms in total. The number of rotatable bonds is 0. The molecule has 72 valence electrons. The molecular formula is C6H2Br2F3NS. The highest BCUT2D eigenvalue weighted by atomic mass is 79.9. The fraction of sp³-hybridized carbons (Fsp3) is 0.167. The average molecular weight is 337 g/mol. The van der Waals surface area contributed by atoms with Gasteiger partial charge in [-0.1, -0.05) is 12.2 Å². The van der Waals surface area contributed by atoms with Crippen LogP contribution in [0, 0.1) is 4.51 Å². The summed E-state index contributed by atoms with van der Waals surface area (Å²) in [5, 5.41) is 0. The molecule has 0 bridgehead atoms. The molecule has 0 aliphatic heterocycles. The van der Waals surface area contributed by atoms with E-state index in [9.17, 15) is 13.2 Å². The number of aromatic nitrogens is 1. The van der Waals surface area contributed by atoms with Crippen LogP contribution in [0.3, 0.4) is 0 Å². The molecule has 0 fully saturated rings. The minimum atomic E-state index is -4.42. The van der Waals surface area contributed by atoms with Gasteiger partial charge in [-0.25, -0.2) is 0 Å². The molecule has 0 aliphatic carbocycles. The third-order valence-electron chi connectivity index (χ3n) is 1.26. The predicted octanol–water partition coefficient (Wildman–Crippen LogP) is 4.29. The number of aromatic amines is 1. The van der Waals surface area contributed by atoms with E-state index in [2.05, 4.69) is 36.8 Å². The molecule has 0 atom stereocenters. The first-order valence-corrected chi connectivity index (χ1v) is 4.97. The maximum Gasteiger partial charge on any atom is 0.432 e. The maximum absolute atomic E-state index is 12.2. The molecule has 0 spiro atoms. The zero-order valence-corrected chi connectivity index (χ0v) is 9.86. The van der Waals surface area contributed by atoms with Crippen molar-refractivity contribution in [2.24, 2.45) is 0 Å². The average Bonchev–Trinajstić information content (AvgIpc) is 1.98. The van der Waals surface area contributed by atoms with Gasteiger partial charge < -0.3 is 4.98 Å². The van der Waals surface area contributed by atoms with Crippen molar-refractivity contribution in [3.05, 3.63) is 25.3 Å². The van der Waals surface area contributed by atoms with Crippen LogP contribution in [0.5, 0.6) is 0 Å². The Hall–Kier alpha value is 0.120. The standard InChI is InChI=1S/C6H2Br2F3NS/c7-2-1-12-5(6(9,10)11)3(8)4(2)13/h1H,(H,12,13). The highest BCUT2D eigenvalue weighted by Crippen LogP contribution is 2.35. The molecule has 0 unspecified atom stereocenters. The van der Waals surface area contributed by atoms with E-state index in [1.807, 2.05) is 0 Å². The fourth-order valence-electron chi connectivity index (χ4n) is 0.689. The second kappa shape index (κ2) is 3.70. The van der Waals surface area contributed by atoms with Crippen LogP contribution in [0.4, 0.5) is 13.2 Å². The van der Waals surface area contributed by atoms with Gasteiger partial charge in [-0.05, 0) is 31.9 Å². The fourth-order valence-corrected chi connectivity index (χ4v) is 1.98. The second-order valence-electron chi connectivity index (χ2n) is 2.15. The van der Waals surface area contributed by atoms with Crippen molar-refractivity contribution in [2.45, 2.75) is 6.18 Å². The van der Waals surface area contributed by atoms with Gasteiger partial charge in [0.15, 0.2) is 0 Å². The number of nitrogens with one attached hydrogen (secondary N) is 1. The number of pyridine rings is 1. The first-order valence-electron chi connectivity index (χ1n) is 2.98. The quantitative estimate of drug-likeness (QED) is 0.699. The molecule has 1 heterocycles. The van der Waals surface area contributed by atoms with Gasteiger partial charge in [-0.3, -0.25) is 0 Å². The van der Waals surface area contributed by atoms with Gasteiger partial charge in [0.25, 0.3) is 0 Å². The molecule has 7 heteroatoms. The van der Waals surface area contributed by atoms with Gasteiger partial charge in [0.2, 0.25) is 0 Å². The summed E-state index contributed by atoms with van der Waals surface area (Å²) in [5.74, 6) is 0. The van der Waals surface area contributed by atoms with Crippen LogP contribution in [-0.4, -0.2) is 4.98 Å². The van der Waals surface area contributed by atoms with Crippen molar-refractivity contribution in [2.75, 3.05) is 0 Å². The van der Waals surface area contributed by atoms with E-state index in [1.165, 1.54) is 0 Å². The summed E-state index contributed by atoms with van der Waals surface area (Å²) in [4.78, 5) is 2.10. The zero-order chi connectivity index (χ0) is 10.2. The van der Waals surface area contributed by atoms with Crippen molar-refractivity contribution in [3.8, 4) is 0 Å². The number of halogens is 5. The molecule has 0 saturated heterocycles. The summed E-state index contributed by atoms with van der Waals surface area (Å²) in [6.45, 7) is 0. The highest BCUT2D eigenvalue weighted by molar-refractivity contribution is 9.11.